The van der Waals surface area contributed by atoms with Gasteiger partial charge < -0.3 is 10.5 Å². The van der Waals surface area contributed by atoms with Gasteiger partial charge in [0.05, 0.1) is 22.9 Å². The van der Waals surface area contributed by atoms with E-state index in [1.54, 1.807) is 12.1 Å². The number of benzene rings is 2. The molecule has 0 spiro atoms. The van der Waals surface area contributed by atoms with Crippen molar-refractivity contribution in [2.45, 2.75) is 0 Å². The lowest BCUT2D eigenvalue weighted by Crippen LogP contribution is -1.97. The van der Waals surface area contributed by atoms with Crippen molar-refractivity contribution in [3.05, 3.63) is 54.5 Å². The Hall–Kier alpha value is -2.69. The van der Waals surface area contributed by atoms with Gasteiger partial charge in [-0.3, -0.25) is 0 Å². The van der Waals surface area contributed by atoms with Crippen LogP contribution in [0.2, 0.25) is 0 Å². The number of hydrogen-bond donors (Lipinski definition) is 1. The van der Waals surface area contributed by atoms with Crippen molar-refractivity contribution in [3.63, 3.8) is 0 Å². The maximum absolute atomic E-state index is 13.6. The van der Waals surface area contributed by atoms with E-state index in [4.69, 9.17) is 10.5 Å². The standard InChI is InChI=1S/C14H10FN3O/c15-9-4-3-5-10(16)14(9)19-13-8-17-11-6-1-2-7-12(11)18-13/h1-8H,16H2. The summed E-state index contributed by atoms with van der Waals surface area (Å²) in [5, 5.41) is 0. The van der Waals surface area contributed by atoms with Crippen molar-refractivity contribution in [1.29, 1.82) is 0 Å². The fourth-order valence-electron chi connectivity index (χ4n) is 1.73. The average Bonchev–Trinajstić information content (AvgIpc) is 2.43. The highest BCUT2D eigenvalue weighted by Gasteiger charge is 2.10. The predicted molar refractivity (Wildman–Crippen MR) is 70.4 cm³/mol. The van der Waals surface area contributed by atoms with Crippen molar-refractivity contribution in [3.8, 4) is 11.6 Å². The van der Waals surface area contributed by atoms with Gasteiger partial charge in [0.1, 0.15) is 0 Å². The fraction of sp³-hybridized carbons (Fsp3) is 0. The van der Waals surface area contributed by atoms with Gasteiger partial charge >= 0.3 is 0 Å². The van der Waals surface area contributed by atoms with Crippen LogP contribution in [0.3, 0.4) is 0 Å². The van der Waals surface area contributed by atoms with Gasteiger partial charge in [-0.1, -0.05) is 18.2 Å². The van der Waals surface area contributed by atoms with Crippen LogP contribution in [0.4, 0.5) is 10.1 Å². The van der Waals surface area contributed by atoms with Crippen LogP contribution in [0.25, 0.3) is 11.0 Å². The monoisotopic (exact) mass is 255 g/mol. The van der Waals surface area contributed by atoms with E-state index in [-0.39, 0.29) is 17.3 Å². The summed E-state index contributed by atoms with van der Waals surface area (Å²) in [5.74, 6) is -0.363. The van der Waals surface area contributed by atoms with Crippen molar-refractivity contribution >= 4 is 16.7 Å². The minimum absolute atomic E-state index is 0.0351. The Morgan fingerprint density at radius 1 is 1.00 bits per heavy atom. The number of nitrogen functional groups attached to an aromatic ring is 1. The van der Waals surface area contributed by atoms with E-state index < -0.39 is 5.82 Å². The molecule has 0 aliphatic rings. The first-order valence-corrected chi connectivity index (χ1v) is 5.67. The summed E-state index contributed by atoms with van der Waals surface area (Å²) >= 11 is 0. The molecule has 0 aliphatic heterocycles. The summed E-state index contributed by atoms with van der Waals surface area (Å²) in [4.78, 5) is 8.43. The SMILES string of the molecule is Nc1cccc(F)c1Oc1cnc2ccccc2n1. The minimum Gasteiger partial charge on any atom is -0.432 e. The van der Waals surface area contributed by atoms with Gasteiger partial charge in [0, 0.05) is 0 Å². The van der Waals surface area contributed by atoms with E-state index in [1.807, 2.05) is 18.2 Å². The number of hydrogen-bond acceptors (Lipinski definition) is 4. The normalized spacial score (nSPS) is 10.6. The Morgan fingerprint density at radius 2 is 1.79 bits per heavy atom. The molecule has 0 bridgehead atoms. The third kappa shape index (κ3) is 2.18. The van der Waals surface area contributed by atoms with Crippen LogP contribution in [0, 0.1) is 5.82 Å². The number of para-hydroxylation sites is 3. The van der Waals surface area contributed by atoms with Crippen LogP contribution >= 0.6 is 0 Å². The number of aromatic nitrogens is 2. The van der Waals surface area contributed by atoms with Crippen LogP contribution in [0.1, 0.15) is 0 Å². The van der Waals surface area contributed by atoms with Crippen molar-refractivity contribution in [2.24, 2.45) is 0 Å². The van der Waals surface area contributed by atoms with Gasteiger partial charge in [-0.2, -0.15) is 0 Å². The van der Waals surface area contributed by atoms with Crippen molar-refractivity contribution in [2.75, 3.05) is 5.73 Å². The molecule has 0 radical (unpaired) electrons. The third-order valence-corrected chi connectivity index (χ3v) is 2.63. The second-order valence-corrected chi connectivity index (χ2v) is 3.96. The zero-order valence-corrected chi connectivity index (χ0v) is 9.88. The summed E-state index contributed by atoms with van der Waals surface area (Å²) in [6, 6.07) is 11.7. The first kappa shape index (κ1) is 11.4. The zero-order chi connectivity index (χ0) is 13.2. The first-order chi connectivity index (χ1) is 9.24. The van der Waals surface area contributed by atoms with E-state index >= 15 is 0 Å². The number of rotatable bonds is 2. The van der Waals surface area contributed by atoms with Crippen LogP contribution in [0.15, 0.2) is 48.7 Å². The van der Waals surface area contributed by atoms with Crippen LogP contribution in [0.5, 0.6) is 11.6 Å². The van der Waals surface area contributed by atoms with E-state index in [1.165, 1.54) is 18.3 Å². The minimum atomic E-state index is -0.532. The van der Waals surface area contributed by atoms with Gasteiger partial charge in [0.2, 0.25) is 5.88 Å². The van der Waals surface area contributed by atoms with Crippen molar-refractivity contribution in [1.82, 2.24) is 9.97 Å². The van der Waals surface area contributed by atoms with Gasteiger partial charge in [-0.05, 0) is 24.3 Å². The number of anilines is 1. The Labute approximate surface area is 108 Å². The molecule has 19 heavy (non-hydrogen) atoms. The Morgan fingerprint density at radius 3 is 2.58 bits per heavy atom. The van der Waals surface area contributed by atoms with Gasteiger partial charge in [0.15, 0.2) is 11.6 Å². The maximum atomic E-state index is 13.6. The molecule has 5 heteroatoms. The Balaban J connectivity index is 2.01. The molecule has 0 saturated carbocycles. The third-order valence-electron chi connectivity index (χ3n) is 2.63. The second kappa shape index (κ2) is 4.53. The maximum Gasteiger partial charge on any atom is 0.238 e. The summed E-state index contributed by atoms with van der Waals surface area (Å²) in [6.07, 6.45) is 1.44. The smallest absolute Gasteiger partial charge is 0.238 e. The summed E-state index contributed by atoms with van der Waals surface area (Å²) in [7, 11) is 0. The summed E-state index contributed by atoms with van der Waals surface area (Å²) < 4.78 is 19.0. The van der Waals surface area contributed by atoms with Crippen LogP contribution in [-0.2, 0) is 0 Å². The lowest BCUT2D eigenvalue weighted by Gasteiger charge is -2.08. The molecule has 4 nitrogen and oxygen atoms in total. The molecule has 1 heterocycles. The van der Waals surface area contributed by atoms with Crippen LogP contribution < -0.4 is 10.5 Å². The summed E-state index contributed by atoms with van der Waals surface area (Å²) in [6.45, 7) is 0. The quantitative estimate of drug-likeness (QED) is 0.714. The van der Waals surface area contributed by atoms with Crippen molar-refractivity contribution < 1.29 is 9.13 Å². The molecule has 0 unspecified atom stereocenters. The molecule has 0 atom stereocenters. The van der Waals surface area contributed by atoms with Gasteiger partial charge in [-0.15, -0.1) is 0 Å². The first-order valence-electron chi connectivity index (χ1n) is 5.67. The number of nitrogens with two attached hydrogens (primary N) is 1. The highest BCUT2D eigenvalue weighted by atomic mass is 19.1. The molecule has 3 aromatic rings. The molecule has 2 aromatic carbocycles. The highest BCUT2D eigenvalue weighted by molar-refractivity contribution is 5.74. The summed E-state index contributed by atoms with van der Waals surface area (Å²) in [5.41, 5.74) is 7.31. The van der Waals surface area contributed by atoms with E-state index in [0.717, 1.165) is 5.52 Å². The fourth-order valence-corrected chi connectivity index (χ4v) is 1.73. The van der Waals surface area contributed by atoms with E-state index in [9.17, 15) is 4.39 Å². The molecule has 94 valence electrons. The number of halogens is 1. The molecule has 1 aromatic heterocycles. The van der Waals surface area contributed by atoms with E-state index in [0.29, 0.717) is 5.52 Å². The molecule has 0 aliphatic carbocycles. The molecule has 0 saturated heterocycles. The Kier molecular flexibility index (Phi) is 2.72. The largest absolute Gasteiger partial charge is 0.432 e. The molecule has 2 N–H and O–H groups in total. The number of nitrogens with zero attached hydrogens (tertiary/aromatic N) is 2. The second-order valence-electron chi connectivity index (χ2n) is 3.96. The van der Waals surface area contributed by atoms with E-state index in [2.05, 4.69) is 9.97 Å². The van der Waals surface area contributed by atoms with Crippen LogP contribution in [-0.4, -0.2) is 9.97 Å². The number of fused-ring (bicyclic) bond motifs is 1. The van der Waals surface area contributed by atoms with Gasteiger partial charge in [-0.25, -0.2) is 14.4 Å². The highest BCUT2D eigenvalue weighted by Crippen LogP contribution is 2.29. The zero-order valence-electron chi connectivity index (χ0n) is 9.88. The molecule has 0 fully saturated rings. The lowest BCUT2D eigenvalue weighted by molar-refractivity contribution is 0.430. The molecule has 0 amide bonds. The molecule has 3 rings (SSSR count). The lowest BCUT2D eigenvalue weighted by atomic mass is 10.3. The Bertz CT molecular complexity index is 725. The molecular weight excluding hydrogens is 245 g/mol. The number of ether oxygens (including phenoxy) is 1. The average molecular weight is 255 g/mol. The molecular formula is C14H10FN3O. The predicted octanol–water partition coefficient (Wildman–Crippen LogP) is 3.14. The van der Waals surface area contributed by atoms with Gasteiger partial charge in [0.25, 0.3) is 0 Å². The topological polar surface area (TPSA) is 61.0 Å².